The molecule has 0 radical (unpaired) electrons. The number of nitrogens with zero attached hydrogens (tertiary/aromatic N) is 2. The average molecular weight is 391 g/mol. The number of carbonyl (C=O) groups excluding carboxylic acids is 1. The van der Waals surface area contributed by atoms with Crippen molar-refractivity contribution < 1.29 is 18.3 Å². The molecule has 0 aliphatic carbocycles. The van der Waals surface area contributed by atoms with Gasteiger partial charge in [0.2, 0.25) is 0 Å². The van der Waals surface area contributed by atoms with E-state index in [4.69, 9.17) is 4.74 Å². The van der Waals surface area contributed by atoms with E-state index in [0.717, 1.165) is 0 Å². The minimum absolute atomic E-state index is 0.0961. The standard InChI is InChI=1S/C16H21BrF2N2O2/c1-10-9-20(15(22)23-16(2,3)4)7-8-21(10)12-6-5-11(17)13(18)14(12)19/h5-6,10H,7-9H2,1-4H3. The van der Waals surface area contributed by atoms with E-state index >= 15 is 0 Å². The summed E-state index contributed by atoms with van der Waals surface area (Å²) in [6.07, 6.45) is -0.383. The fourth-order valence-electron chi connectivity index (χ4n) is 2.55. The zero-order valence-electron chi connectivity index (χ0n) is 13.7. The number of piperazine rings is 1. The van der Waals surface area contributed by atoms with Gasteiger partial charge in [-0.15, -0.1) is 0 Å². The maximum Gasteiger partial charge on any atom is 0.410 e. The third-order valence-electron chi connectivity index (χ3n) is 3.60. The predicted octanol–water partition coefficient (Wildman–Crippen LogP) is 4.17. The van der Waals surface area contributed by atoms with E-state index in [1.807, 2.05) is 27.7 Å². The van der Waals surface area contributed by atoms with Gasteiger partial charge in [0.15, 0.2) is 11.6 Å². The van der Waals surface area contributed by atoms with Crippen LogP contribution >= 0.6 is 15.9 Å². The zero-order valence-corrected chi connectivity index (χ0v) is 15.3. The Morgan fingerprint density at radius 2 is 1.91 bits per heavy atom. The molecular formula is C16H21BrF2N2O2. The molecule has 4 nitrogen and oxygen atoms in total. The third kappa shape index (κ3) is 4.13. The van der Waals surface area contributed by atoms with Crippen LogP contribution in [0.2, 0.25) is 0 Å². The number of hydrogen-bond acceptors (Lipinski definition) is 3. The minimum atomic E-state index is -0.899. The second kappa shape index (κ2) is 6.63. The van der Waals surface area contributed by atoms with Crippen LogP contribution in [0.5, 0.6) is 0 Å². The lowest BCUT2D eigenvalue weighted by Crippen LogP contribution is -2.54. The van der Waals surface area contributed by atoms with Crippen LogP contribution in [0.4, 0.5) is 19.3 Å². The highest BCUT2D eigenvalue weighted by atomic mass is 79.9. The summed E-state index contributed by atoms with van der Waals surface area (Å²) in [5, 5.41) is 0. The molecule has 0 aromatic heterocycles. The van der Waals surface area contributed by atoms with Crippen molar-refractivity contribution in [2.75, 3.05) is 24.5 Å². The first kappa shape index (κ1) is 18.0. The van der Waals surface area contributed by atoms with Gasteiger partial charge < -0.3 is 14.5 Å². The van der Waals surface area contributed by atoms with Gasteiger partial charge in [0.05, 0.1) is 10.2 Å². The van der Waals surface area contributed by atoms with Crippen molar-refractivity contribution in [3.8, 4) is 0 Å². The van der Waals surface area contributed by atoms with Crippen LogP contribution in [0, 0.1) is 11.6 Å². The van der Waals surface area contributed by atoms with Gasteiger partial charge in [-0.1, -0.05) is 0 Å². The molecule has 0 saturated carbocycles. The molecule has 1 aliphatic rings. The summed E-state index contributed by atoms with van der Waals surface area (Å²) in [4.78, 5) is 15.5. The van der Waals surface area contributed by atoms with E-state index in [-0.39, 0.29) is 22.3 Å². The van der Waals surface area contributed by atoms with Gasteiger partial charge in [-0.2, -0.15) is 0 Å². The number of halogens is 3. The molecule has 1 unspecified atom stereocenters. The largest absolute Gasteiger partial charge is 0.444 e. The Labute approximate surface area is 143 Å². The lowest BCUT2D eigenvalue weighted by atomic mass is 10.1. The van der Waals surface area contributed by atoms with Crippen molar-refractivity contribution in [3.05, 3.63) is 28.2 Å². The van der Waals surface area contributed by atoms with Crippen LogP contribution in [-0.4, -0.2) is 42.3 Å². The Morgan fingerprint density at radius 1 is 1.26 bits per heavy atom. The summed E-state index contributed by atoms with van der Waals surface area (Å²) >= 11 is 2.97. The highest BCUT2D eigenvalue weighted by molar-refractivity contribution is 9.10. The second-order valence-electron chi connectivity index (χ2n) is 6.66. The summed E-state index contributed by atoms with van der Waals surface area (Å²) in [6, 6.07) is 2.88. The van der Waals surface area contributed by atoms with Crippen LogP contribution < -0.4 is 4.90 Å². The van der Waals surface area contributed by atoms with Crippen molar-refractivity contribution in [1.29, 1.82) is 0 Å². The molecule has 1 fully saturated rings. The van der Waals surface area contributed by atoms with Crippen LogP contribution in [0.15, 0.2) is 16.6 Å². The lowest BCUT2D eigenvalue weighted by molar-refractivity contribution is 0.0218. The van der Waals surface area contributed by atoms with Crippen molar-refractivity contribution in [2.45, 2.75) is 39.3 Å². The molecule has 2 rings (SSSR count). The van der Waals surface area contributed by atoms with Crippen molar-refractivity contribution in [1.82, 2.24) is 4.90 Å². The van der Waals surface area contributed by atoms with Gasteiger partial charge in [0.25, 0.3) is 0 Å². The molecule has 0 N–H and O–H groups in total. The normalized spacial score (nSPS) is 19.0. The van der Waals surface area contributed by atoms with Gasteiger partial charge >= 0.3 is 6.09 Å². The quantitative estimate of drug-likeness (QED) is 0.674. The molecule has 1 saturated heterocycles. The minimum Gasteiger partial charge on any atom is -0.444 e. The SMILES string of the molecule is CC1CN(C(=O)OC(C)(C)C)CCN1c1ccc(Br)c(F)c1F. The highest BCUT2D eigenvalue weighted by Crippen LogP contribution is 2.29. The Kier molecular flexibility index (Phi) is 5.18. The van der Waals surface area contributed by atoms with Crippen molar-refractivity contribution in [3.63, 3.8) is 0 Å². The van der Waals surface area contributed by atoms with E-state index in [1.165, 1.54) is 6.07 Å². The second-order valence-corrected chi connectivity index (χ2v) is 7.52. The fraction of sp³-hybridized carbons (Fsp3) is 0.562. The summed E-state index contributed by atoms with van der Waals surface area (Å²) in [5.74, 6) is -1.78. The predicted molar refractivity (Wildman–Crippen MR) is 88.7 cm³/mol. The maximum absolute atomic E-state index is 14.1. The molecule has 128 valence electrons. The molecular weight excluding hydrogens is 370 g/mol. The topological polar surface area (TPSA) is 32.8 Å². The molecule has 1 aromatic rings. The van der Waals surface area contributed by atoms with E-state index in [2.05, 4.69) is 15.9 Å². The number of hydrogen-bond donors (Lipinski definition) is 0. The monoisotopic (exact) mass is 390 g/mol. The first-order valence-corrected chi connectivity index (χ1v) is 8.27. The van der Waals surface area contributed by atoms with E-state index in [0.29, 0.717) is 19.6 Å². The molecule has 0 bridgehead atoms. The van der Waals surface area contributed by atoms with E-state index in [9.17, 15) is 13.6 Å². The van der Waals surface area contributed by atoms with Crippen LogP contribution in [-0.2, 0) is 4.74 Å². The maximum atomic E-state index is 14.1. The van der Waals surface area contributed by atoms with Gasteiger partial charge in [0, 0.05) is 25.7 Å². The Balaban J connectivity index is 2.11. The molecule has 1 atom stereocenters. The number of amides is 1. The summed E-state index contributed by atoms with van der Waals surface area (Å²) in [5.41, 5.74) is -0.347. The first-order chi connectivity index (χ1) is 10.6. The fourth-order valence-corrected chi connectivity index (χ4v) is 2.85. The molecule has 23 heavy (non-hydrogen) atoms. The van der Waals surface area contributed by atoms with E-state index in [1.54, 1.807) is 15.9 Å². The van der Waals surface area contributed by atoms with Gasteiger partial charge in [0.1, 0.15) is 5.60 Å². The Bertz CT molecular complexity index is 604. The smallest absolute Gasteiger partial charge is 0.410 e. The average Bonchev–Trinajstić information content (AvgIpc) is 2.44. The highest BCUT2D eigenvalue weighted by Gasteiger charge is 2.31. The number of rotatable bonds is 1. The van der Waals surface area contributed by atoms with Crippen LogP contribution in [0.1, 0.15) is 27.7 Å². The summed E-state index contributed by atoms with van der Waals surface area (Å²) in [6.45, 7) is 8.51. The van der Waals surface area contributed by atoms with Crippen molar-refractivity contribution in [2.24, 2.45) is 0 Å². The number of carbonyl (C=O) groups is 1. The van der Waals surface area contributed by atoms with Crippen molar-refractivity contribution >= 4 is 27.7 Å². The van der Waals surface area contributed by atoms with E-state index < -0.39 is 17.2 Å². The molecule has 0 spiro atoms. The molecule has 1 aromatic carbocycles. The van der Waals surface area contributed by atoms with Gasteiger partial charge in [-0.3, -0.25) is 0 Å². The zero-order chi connectivity index (χ0) is 17.4. The number of ether oxygens (including phenoxy) is 1. The molecule has 1 amide bonds. The van der Waals surface area contributed by atoms with Gasteiger partial charge in [-0.05, 0) is 55.8 Å². The molecule has 1 aliphatic heterocycles. The lowest BCUT2D eigenvalue weighted by Gasteiger charge is -2.41. The Morgan fingerprint density at radius 3 is 2.48 bits per heavy atom. The number of anilines is 1. The summed E-state index contributed by atoms with van der Waals surface area (Å²) in [7, 11) is 0. The van der Waals surface area contributed by atoms with Gasteiger partial charge in [-0.25, -0.2) is 13.6 Å². The number of benzene rings is 1. The molecule has 7 heteroatoms. The third-order valence-corrected chi connectivity index (χ3v) is 4.22. The van der Waals surface area contributed by atoms with Crippen LogP contribution in [0.3, 0.4) is 0 Å². The summed E-state index contributed by atoms with van der Waals surface area (Å²) < 4.78 is 33.3. The Hall–Kier alpha value is -1.37. The molecule has 1 heterocycles. The van der Waals surface area contributed by atoms with Crippen LogP contribution in [0.25, 0.3) is 0 Å². The first-order valence-electron chi connectivity index (χ1n) is 7.48.